The summed E-state index contributed by atoms with van der Waals surface area (Å²) in [5, 5.41) is 7.99. The van der Waals surface area contributed by atoms with E-state index in [1.54, 1.807) is 0 Å². The maximum atomic E-state index is 15.3. The molecule has 6 rings (SSSR count). The summed E-state index contributed by atoms with van der Waals surface area (Å²) in [5.41, 5.74) is 2.48. The Morgan fingerprint density at radius 3 is 2.24 bits per heavy atom. The molecular formula is C31H31FN4O2. The minimum Gasteiger partial charge on any atom is -0.380 e. The van der Waals surface area contributed by atoms with E-state index in [1.165, 1.54) is 12.3 Å². The van der Waals surface area contributed by atoms with Gasteiger partial charge in [0.05, 0.1) is 23.0 Å². The van der Waals surface area contributed by atoms with Crippen LogP contribution in [0.3, 0.4) is 0 Å². The second kappa shape index (κ2) is 10.1. The highest BCUT2D eigenvalue weighted by Crippen LogP contribution is 2.38. The van der Waals surface area contributed by atoms with Crippen molar-refractivity contribution in [3.05, 3.63) is 112 Å². The molecular weight excluding hydrogens is 479 g/mol. The van der Waals surface area contributed by atoms with Gasteiger partial charge in [-0.1, -0.05) is 65.8 Å². The summed E-state index contributed by atoms with van der Waals surface area (Å²) in [4.78, 5) is 21.7. The van der Waals surface area contributed by atoms with Gasteiger partial charge in [0, 0.05) is 54.9 Å². The second-order valence-corrected chi connectivity index (χ2v) is 10.2. The van der Waals surface area contributed by atoms with Crippen molar-refractivity contribution in [1.29, 1.82) is 0 Å². The lowest BCUT2D eigenvalue weighted by atomic mass is 9.88. The summed E-state index contributed by atoms with van der Waals surface area (Å²) in [5.74, 6) is -0.370. The Balaban J connectivity index is 1.38. The number of nitrogens with one attached hydrogen (secondary N) is 1. The first-order chi connectivity index (χ1) is 18.5. The van der Waals surface area contributed by atoms with E-state index in [0.29, 0.717) is 22.7 Å². The third-order valence-electron chi connectivity index (χ3n) is 7.60. The minimum absolute atomic E-state index is 0.254. The van der Waals surface area contributed by atoms with Crippen molar-refractivity contribution in [2.24, 2.45) is 5.16 Å². The molecule has 2 fully saturated rings. The normalized spacial score (nSPS) is 16.3. The molecule has 0 amide bonds. The number of fused-ring (bicyclic) bond motifs is 1. The molecule has 1 aliphatic heterocycles. The number of rotatable bonds is 7. The molecule has 2 aliphatic rings. The highest BCUT2D eigenvalue weighted by molar-refractivity contribution is 5.90. The largest absolute Gasteiger partial charge is 0.380 e. The molecule has 0 bridgehead atoms. The molecule has 4 aromatic rings. The molecule has 194 valence electrons. The molecule has 0 spiro atoms. The van der Waals surface area contributed by atoms with Crippen molar-refractivity contribution in [1.82, 2.24) is 9.88 Å². The SMILES string of the molecule is CC(ON=Cc1cn(C2CC2)c2cc(N3CCNCC3)c(F)cc2c1=O)(c1ccccc1)c1ccccc1. The Labute approximate surface area is 221 Å². The average molecular weight is 511 g/mol. The number of pyridine rings is 1. The predicted octanol–water partition coefficient (Wildman–Crippen LogP) is 5.20. The van der Waals surface area contributed by atoms with Crippen LogP contribution in [0.25, 0.3) is 10.9 Å². The van der Waals surface area contributed by atoms with Gasteiger partial charge in [0.15, 0.2) is 11.0 Å². The van der Waals surface area contributed by atoms with Gasteiger partial charge in [-0.3, -0.25) is 4.79 Å². The van der Waals surface area contributed by atoms with Crippen LogP contribution in [-0.4, -0.2) is 37.0 Å². The second-order valence-electron chi connectivity index (χ2n) is 10.2. The van der Waals surface area contributed by atoms with Crippen molar-refractivity contribution in [3.8, 4) is 0 Å². The highest BCUT2D eigenvalue weighted by atomic mass is 19.1. The molecule has 1 saturated carbocycles. The minimum atomic E-state index is -0.851. The van der Waals surface area contributed by atoms with Crippen molar-refractivity contribution in [3.63, 3.8) is 0 Å². The van der Waals surface area contributed by atoms with E-state index in [0.717, 1.165) is 55.7 Å². The monoisotopic (exact) mass is 510 g/mol. The zero-order chi connectivity index (χ0) is 26.1. The summed E-state index contributed by atoms with van der Waals surface area (Å²) in [6, 6.07) is 23.3. The number of hydrogen-bond acceptors (Lipinski definition) is 5. The average Bonchev–Trinajstić information content (AvgIpc) is 3.81. The first kappa shape index (κ1) is 24.4. The summed E-state index contributed by atoms with van der Waals surface area (Å²) in [6.45, 7) is 5.06. The lowest BCUT2D eigenvalue weighted by molar-refractivity contribution is 0.000678. The number of aromatic nitrogens is 1. The zero-order valence-electron chi connectivity index (χ0n) is 21.4. The van der Waals surface area contributed by atoms with E-state index in [4.69, 9.17) is 4.84 Å². The Kier molecular flexibility index (Phi) is 6.45. The van der Waals surface area contributed by atoms with Crippen LogP contribution in [0.2, 0.25) is 0 Å². The number of halogens is 1. The van der Waals surface area contributed by atoms with Gasteiger partial charge in [-0.15, -0.1) is 0 Å². The fourth-order valence-electron chi connectivity index (χ4n) is 5.25. The molecule has 0 radical (unpaired) electrons. The Hall–Kier alpha value is -3.97. The molecule has 1 saturated heterocycles. The van der Waals surface area contributed by atoms with E-state index in [1.807, 2.05) is 84.8 Å². The van der Waals surface area contributed by atoms with Crippen LogP contribution in [-0.2, 0) is 10.4 Å². The molecule has 3 aromatic carbocycles. The van der Waals surface area contributed by atoms with Crippen molar-refractivity contribution < 1.29 is 9.23 Å². The third-order valence-corrected chi connectivity index (χ3v) is 7.60. The Morgan fingerprint density at radius 2 is 1.63 bits per heavy atom. The molecule has 0 atom stereocenters. The zero-order valence-corrected chi connectivity index (χ0v) is 21.4. The van der Waals surface area contributed by atoms with Crippen LogP contribution in [0.5, 0.6) is 0 Å². The standard InChI is InChI=1S/C31H31FN4O2/c1-31(23-8-4-2-5-9-23,24-10-6-3-7-11-24)38-34-20-22-21-36(25-12-13-25)28-19-29(35-16-14-33-15-17-35)27(32)18-26(28)30(22)37/h2-11,18-21,25,33H,12-17H2,1H3. The predicted molar refractivity (Wildman–Crippen MR) is 150 cm³/mol. The maximum absolute atomic E-state index is 15.3. The van der Waals surface area contributed by atoms with Crippen molar-refractivity contribution in [2.75, 3.05) is 31.1 Å². The highest BCUT2D eigenvalue weighted by Gasteiger charge is 2.32. The van der Waals surface area contributed by atoms with Crippen LogP contribution < -0.4 is 15.6 Å². The summed E-state index contributed by atoms with van der Waals surface area (Å²) in [7, 11) is 0. The number of nitrogens with zero attached hydrogens (tertiary/aromatic N) is 3. The van der Waals surface area contributed by atoms with Gasteiger partial charge < -0.3 is 19.6 Å². The van der Waals surface area contributed by atoms with Gasteiger partial charge in [0.1, 0.15) is 5.82 Å². The molecule has 1 N–H and O–H groups in total. The molecule has 1 aromatic heterocycles. The molecule has 38 heavy (non-hydrogen) atoms. The number of anilines is 1. The van der Waals surface area contributed by atoms with Gasteiger partial charge in [-0.25, -0.2) is 4.39 Å². The molecule has 0 unspecified atom stereocenters. The summed E-state index contributed by atoms with van der Waals surface area (Å²) in [6.07, 6.45) is 5.38. The quantitative estimate of drug-likeness (QED) is 0.274. The first-order valence-corrected chi connectivity index (χ1v) is 13.2. The Morgan fingerprint density at radius 1 is 1.00 bits per heavy atom. The number of piperazine rings is 1. The van der Waals surface area contributed by atoms with Crippen LogP contribution in [0.1, 0.15) is 42.5 Å². The fourth-order valence-corrected chi connectivity index (χ4v) is 5.25. The fraction of sp³-hybridized carbons (Fsp3) is 0.290. The summed E-state index contributed by atoms with van der Waals surface area (Å²) < 4.78 is 17.4. The molecule has 6 nitrogen and oxygen atoms in total. The van der Waals surface area contributed by atoms with Gasteiger partial charge in [-0.05, 0) is 31.9 Å². The van der Waals surface area contributed by atoms with Crippen molar-refractivity contribution in [2.45, 2.75) is 31.4 Å². The van der Waals surface area contributed by atoms with E-state index >= 15 is 4.39 Å². The number of oxime groups is 1. The number of hydrogen-bond donors (Lipinski definition) is 1. The van der Waals surface area contributed by atoms with Crippen LogP contribution >= 0.6 is 0 Å². The van der Waals surface area contributed by atoms with E-state index < -0.39 is 5.60 Å². The third kappa shape index (κ3) is 4.58. The smallest absolute Gasteiger partial charge is 0.198 e. The molecule has 1 aliphatic carbocycles. The van der Waals surface area contributed by atoms with Gasteiger partial charge in [0.2, 0.25) is 0 Å². The number of benzene rings is 3. The van der Waals surface area contributed by atoms with E-state index in [2.05, 4.69) is 15.0 Å². The lowest BCUT2D eigenvalue weighted by Gasteiger charge is -2.30. The molecule has 7 heteroatoms. The van der Waals surface area contributed by atoms with Gasteiger partial charge >= 0.3 is 0 Å². The van der Waals surface area contributed by atoms with Crippen molar-refractivity contribution >= 4 is 22.8 Å². The van der Waals surface area contributed by atoms with Gasteiger partial charge in [-0.2, -0.15) is 0 Å². The molecule has 2 heterocycles. The van der Waals surface area contributed by atoms with E-state index in [-0.39, 0.29) is 11.2 Å². The topological polar surface area (TPSA) is 58.9 Å². The van der Waals surface area contributed by atoms with E-state index in [9.17, 15) is 4.79 Å². The first-order valence-electron chi connectivity index (χ1n) is 13.2. The van der Waals surface area contributed by atoms with Crippen LogP contribution in [0, 0.1) is 5.82 Å². The maximum Gasteiger partial charge on any atom is 0.198 e. The Bertz CT molecular complexity index is 1490. The summed E-state index contributed by atoms with van der Waals surface area (Å²) >= 11 is 0. The van der Waals surface area contributed by atoms with Gasteiger partial charge in [0.25, 0.3) is 0 Å². The lowest BCUT2D eigenvalue weighted by Crippen LogP contribution is -2.43. The van der Waals surface area contributed by atoms with Crippen LogP contribution in [0.4, 0.5) is 10.1 Å². The van der Waals surface area contributed by atoms with Crippen LogP contribution in [0.15, 0.2) is 88.9 Å².